The maximum Gasteiger partial charge on any atom is 0.387 e. The van der Waals surface area contributed by atoms with Gasteiger partial charge in [0.2, 0.25) is 0 Å². The second-order valence-corrected chi connectivity index (χ2v) is 8.71. The first kappa shape index (κ1) is 23.2. The van der Waals surface area contributed by atoms with E-state index >= 15 is 0 Å². The fraction of sp³-hybridized carbons (Fsp3) is 0.174. The molecule has 0 bridgehead atoms. The molecule has 0 spiro atoms. The molecule has 0 atom stereocenters. The molecule has 3 aromatic rings. The zero-order valence-electron chi connectivity index (χ0n) is 17.2. The Morgan fingerprint density at radius 1 is 1.00 bits per heavy atom. The Balaban J connectivity index is 1.59. The van der Waals surface area contributed by atoms with Crippen molar-refractivity contribution < 1.29 is 26.7 Å². The second-order valence-electron chi connectivity index (χ2n) is 7.03. The fourth-order valence-corrected chi connectivity index (χ4v) is 4.00. The molecule has 0 radical (unpaired) electrons. The largest absolute Gasteiger partial charge is 0.435 e. The van der Waals surface area contributed by atoms with Gasteiger partial charge in [0.25, 0.3) is 15.9 Å². The van der Waals surface area contributed by atoms with Crippen molar-refractivity contribution in [3.05, 3.63) is 89.5 Å². The number of ether oxygens (including phenoxy) is 1. The lowest BCUT2D eigenvalue weighted by atomic mass is 10.1. The number of anilines is 1. The third-order valence-electron chi connectivity index (χ3n) is 4.56. The van der Waals surface area contributed by atoms with Crippen LogP contribution in [0.5, 0.6) is 5.75 Å². The SMILES string of the molecule is Cc1ccc(NS(=O)(=O)c2cccc(C(=O)NCCc3ccc(OC(F)F)cc3)c2)cc1. The highest BCUT2D eigenvalue weighted by molar-refractivity contribution is 7.92. The molecule has 32 heavy (non-hydrogen) atoms. The number of hydrogen-bond donors (Lipinski definition) is 2. The summed E-state index contributed by atoms with van der Waals surface area (Å²) in [6, 6.07) is 18.8. The summed E-state index contributed by atoms with van der Waals surface area (Å²) in [6.07, 6.45) is 0.466. The van der Waals surface area contributed by atoms with E-state index in [9.17, 15) is 22.0 Å². The number of nitrogens with one attached hydrogen (secondary N) is 2. The molecule has 0 saturated heterocycles. The average Bonchev–Trinajstić information content (AvgIpc) is 2.76. The number of rotatable bonds is 9. The minimum absolute atomic E-state index is 0.0275. The molecule has 168 valence electrons. The minimum Gasteiger partial charge on any atom is -0.435 e. The second kappa shape index (κ2) is 10.2. The van der Waals surface area contributed by atoms with Crippen molar-refractivity contribution in [3.63, 3.8) is 0 Å². The van der Waals surface area contributed by atoms with Crippen molar-refractivity contribution >= 4 is 21.6 Å². The number of benzene rings is 3. The van der Waals surface area contributed by atoms with Crippen molar-refractivity contribution in [2.75, 3.05) is 11.3 Å². The van der Waals surface area contributed by atoms with Crippen molar-refractivity contribution in [2.24, 2.45) is 0 Å². The van der Waals surface area contributed by atoms with E-state index in [-0.39, 0.29) is 22.8 Å². The van der Waals surface area contributed by atoms with Crippen LogP contribution in [0.1, 0.15) is 21.5 Å². The number of halogens is 2. The van der Waals surface area contributed by atoms with Crippen LogP contribution >= 0.6 is 0 Å². The Kier molecular flexibility index (Phi) is 7.42. The Bertz CT molecular complexity index is 1170. The summed E-state index contributed by atoms with van der Waals surface area (Å²) in [5.41, 5.74) is 2.46. The third-order valence-corrected chi connectivity index (χ3v) is 5.94. The van der Waals surface area contributed by atoms with Gasteiger partial charge in [0.1, 0.15) is 5.75 Å². The van der Waals surface area contributed by atoms with Gasteiger partial charge in [0, 0.05) is 17.8 Å². The quantitative estimate of drug-likeness (QED) is 0.497. The predicted octanol–water partition coefficient (Wildman–Crippen LogP) is 4.37. The normalized spacial score (nSPS) is 11.2. The predicted molar refractivity (Wildman–Crippen MR) is 118 cm³/mol. The topological polar surface area (TPSA) is 84.5 Å². The number of amides is 1. The maximum absolute atomic E-state index is 12.7. The summed E-state index contributed by atoms with van der Waals surface area (Å²) in [5.74, 6) is -0.361. The van der Waals surface area contributed by atoms with E-state index in [1.807, 2.05) is 6.92 Å². The summed E-state index contributed by atoms with van der Waals surface area (Å²) in [4.78, 5) is 12.4. The molecule has 1 amide bonds. The van der Waals surface area contributed by atoms with Gasteiger partial charge in [-0.1, -0.05) is 35.9 Å². The van der Waals surface area contributed by atoms with Crippen LogP contribution in [0.3, 0.4) is 0 Å². The van der Waals surface area contributed by atoms with Gasteiger partial charge in [-0.15, -0.1) is 0 Å². The molecular weight excluding hydrogens is 438 g/mol. The van der Waals surface area contributed by atoms with Crippen LogP contribution in [0.25, 0.3) is 0 Å². The van der Waals surface area contributed by atoms with Gasteiger partial charge in [-0.05, 0) is 61.4 Å². The molecule has 6 nitrogen and oxygen atoms in total. The van der Waals surface area contributed by atoms with Gasteiger partial charge in [0.05, 0.1) is 4.90 Å². The highest BCUT2D eigenvalue weighted by atomic mass is 32.2. The Hall–Kier alpha value is -3.46. The van der Waals surface area contributed by atoms with Gasteiger partial charge < -0.3 is 10.1 Å². The minimum atomic E-state index is -3.85. The molecule has 0 heterocycles. The molecular formula is C23H22F2N2O4S. The van der Waals surface area contributed by atoms with Crippen LogP contribution in [0, 0.1) is 6.92 Å². The highest BCUT2D eigenvalue weighted by Crippen LogP contribution is 2.18. The van der Waals surface area contributed by atoms with Gasteiger partial charge >= 0.3 is 6.61 Å². The van der Waals surface area contributed by atoms with E-state index in [4.69, 9.17) is 0 Å². The van der Waals surface area contributed by atoms with Crippen LogP contribution in [0.2, 0.25) is 0 Å². The Labute approximate surface area is 185 Å². The number of alkyl halides is 2. The average molecular weight is 461 g/mol. The number of carbonyl (C=O) groups is 1. The molecule has 0 unspecified atom stereocenters. The Morgan fingerprint density at radius 2 is 1.69 bits per heavy atom. The van der Waals surface area contributed by atoms with Gasteiger partial charge in [-0.25, -0.2) is 8.42 Å². The standard InChI is InChI=1S/C23H22F2N2O4S/c1-16-5-9-19(10-6-16)27-32(29,30)21-4-2-3-18(15-21)22(28)26-14-13-17-7-11-20(12-8-17)31-23(24)25/h2-12,15,23,27H,13-14H2,1H3,(H,26,28). The Morgan fingerprint density at radius 3 is 2.34 bits per heavy atom. The molecule has 3 rings (SSSR count). The first-order chi connectivity index (χ1) is 15.2. The molecule has 0 saturated carbocycles. The van der Waals surface area contributed by atoms with Crippen LogP contribution in [0.15, 0.2) is 77.7 Å². The number of carbonyl (C=O) groups excluding carboxylic acids is 1. The number of sulfonamides is 1. The lowest BCUT2D eigenvalue weighted by Gasteiger charge is -2.10. The van der Waals surface area contributed by atoms with Gasteiger partial charge in [0.15, 0.2) is 0 Å². The summed E-state index contributed by atoms with van der Waals surface area (Å²) in [6.45, 7) is -0.698. The molecule has 0 aliphatic carbocycles. The first-order valence-corrected chi connectivity index (χ1v) is 11.2. The molecule has 0 fully saturated rings. The van der Waals surface area contributed by atoms with Crippen LogP contribution in [-0.4, -0.2) is 27.5 Å². The number of hydrogen-bond acceptors (Lipinski definition) is 4. The zero-order chi connectivity index (χ0) is 23.1. The first-order valence-electron chi connectivity index (χ1n) is 9.74. The smallest absolute Gasteiger partial charge is 0.387 e. The molecule has 0 aliphatic heterocycles. The van der Waals surface area contributed by atoms with E-state index < -0.39 is 22.5 Å². The molecule has 0 aliphatic rings. The van der Waals surface area contributed by atoms with Gasteiger partial charge in [-0.2, -0.15) is 8.78 Å². The highest BCUT2D eigenvalue weighted by Gasteiger charge is 2.16. The fourth-order valence-electron chi connectivity index (χ4n) is 2.90. The van der Waals surface area contributed by atoms with Crippen LogP contribution in [0.4, 0.5) is 14.5 Å². The molecule has 3 aromatic carbocycles. The monoisotopic (exact) mass is 460 g/mol. The van der Waals surface area contributed by atoms with E-state index in [2.05, 4.69) is 14.8 Å². The summed E-state index contributed by atoms with van der Waals surface area (Å²) < 4.78 is 56.5. The molecule has 2 N–H and O–H groups in total. The third kappa shape index (κ3) is 6.52. The van der Waals surface area contributed by atoms with Crippen LogP contribution in [-0.2, 0) is 16.4 Å². The maximum atomic E-state index is 12.7. The number of aryl methyl sites for hydroxylation is 1. The van der Waals surface area contributed by atoms with E-state index in [0.29, 0.717) is 12.1 Å². The van der Waals surface area contributed by atoms with Crippen LogP contribution < -0.4 is 14.8 Å². The summed E-state index contributed by atoms with van der Waals surface area (Å²) in [5, 5.41) is 2.72. The lowest BCUT2D eigenvalue weighted by Crippen LogP contribution is -2.26. The molecule has 9 heteroatoms. The van der Waals surface area contributed by atoms with Crippen molar-refractivity contribution in [2.45, 2.75) is 24.9 Å². The molecule has 0 aromatic heterocycles. The van der Waals surface area contributed by atoms with E-state index in [1.54, 1.807) is 36.4 Å². The summed E-state index contributed by atoms with van der Waals surface area (Å²) >= 11 is 0. The zero-order valence-corrected chi connectivity index (χ0v) is 18.0. The summed E-state index contributed by atoms with van der Waals surface area (Å²) in [7, 11) is -3.85. The van der Waals surface area contributed by atoms with Crippen molar-refractivity contribution in [1.82, 2.24) is 5.32 Å². The lowest BCUT2D eigenvalue weighted by molar-refractivity contribution is -0.0498. The van der Waals surface area contributed by atoms with E-state index in [1.165, 1.54) is 36.4 Å². The van der Waals surface area contributed by atoms with Crippen molar-refractivity contribution in [3.8, 4) is 5.75 Å². The van der Waals surface area contributed by atoms with E-state index in [0.717, 1.165) is 11.1 Å². The van der Waals surface area contributed by atoms with Crippen molar-refractivity contribution in [1.29, 1.82) is 0 Å². The van der Waals surface area contributed by atoms with Gasteiger partial charge in [-0.3, -0.25) is 9.52 Å².